The van der Waals surface area contributed by atoms with E-state index in [1.54, 1.807) is 7.05 Å². The first-order valence-corrected chi connectivity index (χ1v) is 5.67. The zero-order valence-corrected chi connectivity index (χ0v) is 10.5. The molecule has 1 heterocycles. The highest BCUT2D eigenvalue weighted by Gasteiger charge is 2.16. The van der Waals surface area contributed by atoms with Crippen molar-refractivity contribution in [3.63, 3.8) is 0 Å². The van der Waals surface area contributed by atoms with Crippen LogP contribution in [0.2, 0.25) is 0 Å². The van der Waals surface area contributed by atoms with Crippen LogP contribution in [-0.2, 0) is 18.3 Å². The molecule has 0 radical (unpaired) electrons. The average molecular weight is 276 g/mol. The van der Waals surface area contributed by atoms with E-state index in [9.17, 15) is 13.6 Å². The Morgan fingerprint density at radius 3 is 2.70 bits per heavy atom. The lowest BCUT2D eigenvalue weighted by molar-refractivity contribution is -0.115. The number of amides is 1. The zero-order chi connectivity index (χ0) is 14.7. The van der Waals surface area contributed by atoms with E-state index >= 15 is 0 Å². The number of halogens is 2. The van der Waals surface area contributed by atoms with Gasteiger partial charge in [0.25, 0.3) is 0 Å². The van der Waals surface area contributed by atoms with Crippen molar-refractivity contribution in [2.45, 2.75) is 6.42 Å². The van der Waals surface area contributed by atoms with Crippen molar-refractivity contribution in [1.29, 1.82) is 5.26 Å². The van der Waals surface area contributed by atoms with E-state index in [4.69, 9.17) is 5.26 Å². The largest absolute Gasteiger partial charge is 0.310 e. The second kappa shape index (κ2) is 5.48. The minimum atomic E-state index is -0.786. The van der Waals surface area contributed by atoms with E-state index in [1.165, 1.54) is 16.9 Å². The number of nitrogens with zero attached hydrogens (tertiary/aromatic N) is 3. The molecule has 5 nitrogen and oxygen atoms in total. The van der Waals surface area contributed by atoms with Gasteiger partial charge in [0.1, 0.15) is 29.1 Å². The molecule has 0 bridgehead atoms. The standard InChI is InChI=1S/C13H10F2N4O/c1-19-13(8(6-16)7-17-19)18-12(20)5-9-10(14)3-2-4-11(9)15/h2-4,7H,5H2,1H3,(H,18,20). The molecule has 7 heteroatoms. The number of anilines is 1. The summed E-state index contributed by atoms with van der Waals surface area (Å²) in [5, 5.41) is 15.1. The number of carbonyl (C=O) groups excluding carboxylic acids is 1. The molecule has 0 saturated carbocycles. The smallest absolute Gasteiger partial charge is 0.230 e. The summed E-state index contributed by atoms with van der Waals surface area (Å²) in [5.74, 6) is -2.01. The third-order valence-electron chi connectivity index (χ3n) is 2.72. The molecule has 20 heavy (non-hydrogen) atoms. The Morgan fingerprint density at radius 2 is 2.10 bits per heavy atom. The second-order valence-corrected chi connectivity index (χ2v) is 4.07. The van der Waals surface area contributed by atoms with Gasteiger partial charge < -0.3 is 5.32 Å². The van der Waals surface area contributed by atoms with Gasteiger partial charge in [0.05, 0.1) is 12.6 Å². The molecule has 0 aliphatic heterocycles. The molecule has 0 spiro atoms. The Hall–Kier alpha value is -2.75. The molecule has 102 valence electrons. The van der Waals surface area contributed by atoms with E-state index in [2.05, 4.69) is 10.4 Å². The highest BCUT2D eigenvalue weighted by Crippen LogP contribution is 2.16. The van der Waals surface area contributed by atoms with Crippen LogP contribution in [0.4, 0.5) is 14.6 Å². The van der Waals surface area contributed by atoms with Crippen molar-refractivity contribution in [2.75, 3.05) is 5.32 Å². The summed E-state index contributed by atoms with van der Waals surface area (Å²) >= 11 is 0. The highest BCUT2D eigenvalue weighted by atomic mass is 19.1. The maximum absolute atomic E-state index is 13.4. The Kier molecular flexibility index (Phi) is 3.75. The van der Waals surface area contributed by atoms with Crippen molar-refractivity contribution in [1.82, 2.24) is 9.78 Å². The summed E-state index contributed by atoms with van der Waals surface area (Å²) in [4.78, 5) is 11.8. The molecule has 0 unspecified atom stereocenters. The van der Waals surface area contributed by atoms with Gasteiger partial charge in [0.2, 0.25) is 5.91 Å². The number of nitrogens with one attached hydrogen (secondary N) is 1. The number of rotatable bonds is 3. The summed E-state index contributed by atoms with van der Waals surface area (Å²) in [6.07, 6.45) is 0.827. The van der Waals surface area contributed by atoms with Crippen molar-refractivity contribution in [2.24, 2.45) is 7.05 Å². The van der Waals surface area contributed by atoms with Crippen LogP contribution in [0.5, 0.6) is 0 Å². The molecule has 1 aromatic carbocycles. The van der Waals surface area contributed by atoms with Gasteiger partial charge in [-0.3, -0.25) is 9.48 Å². The van der Waals surface area contributed by atoms with Crippen LogP contribution in [0, 0.1) is 23.0 Å². The van der Waals surface area contributed by atoms with Crippen molar-refractivity contribution >= 4 is 11.7 Å². The fourth-order valence-electron chi connectivity index (χ4n) is 1.71. The van der Waals surface area contributed by atoms with E-state index in [-0.39, 0.29) is 16.9 Å². The topological polar surface area (TPSA) is 70.7 Å². The van der Waals surface area contributed by atoms with Gasteiger partial charge in [-0.1, -0.05) is 6.07 Å². The van der Waals surface area contributed by atoms with E-state index in [0.29, 0.717) is 0 Å². The first-order valence-electron chi connectivity index (χ1n) is 5.67. The molecule has 0 aliphatic rings. The van der Waals surface area contributed by atoms with Crippen LogP contribution < -0.4 is 5.32 Å². The van der Waals surface area contributed by atoms with Crippen LogP contribution in [0.1, 0.15) is 11.1 Å². The molecular weight excluding hydrogens is 266 g/mol. The molecule has 1 aromatic heterocycles. The molecule has 0 aliphatic carbocycles. The number of carbonyl (C=O) groups is 1. The van der Waals surface area contributed by atoms with E-state index in [1.807, 2.05) is 6.07 Å². The van der Waals surface area contributed by atoms with Gasteiger partial charge in [-0.05, 0) is 12.1 Å². The normalized spacial score (nSPS) is 10.1. The summed E-state index contributed by atoms with van der Waals surface area (Å²) in [6, 6.07) is 5.25. The number of hydrogen-bond donors (Lipinski definition) is 1. The molecular formula is C13H10F2N4O. The maximum Gasteiger partial charge on any atom is 0.230 e. The fourth-order valence-corrected chi connectivity index (χ4v) is 1.71. The number of benzene rings is 1. The van der Waals surface area contributed by atoms with Crippen LogP contribution in [0.15, 0.2) is 24.4 Å². The Balaban J connectivity index is 2.18. The summed E-state index contributed by atoms with van der Waals surface area (Å²) in [7, 11) is 1.54. The summed E-state index contributed by atoms with van der Waals surface area (Å²) in [6.45, 7) is 0. The second-order valence-electron chi connectivity index (χ2n) is 4.07. The molecule has 0 fully saturated rings. The average Bonchev–Trinajstić information content (AvgIpc) is 2.75. The fraction of sp³-hybridized carbons (Fsp3) is 0.154. The molecule has 2 rings (SSSR count). The molecule has 2 aromatic rings. The lowest BCUT2D eigenvalue weighted by Crippen LogP contribution is -2.18. The van der Waals surface area contributed by atoms with Crippen LogP contribution in [0.25, 0.3) is 0 Å². The number of aryl methyl sites for hydroxylation is 1. The number of hydrogen-bond acceptors (Lipinski definition) is 3. The lowest BCUT2D eigenvalue weighted by atomic mass is 10.1. The third kappa shape index (κ3) is 2.64. The van der Waals surface area contributed by atoms with Crippen LogP contribution in [-0.4, -0.2) is 15.7 Å². The minimum Gasteiger partial charge on any atom is -0.310 e. The summed E-state index contributed by atoms with van der Waals surface area (Å²) < 4.78 is 28.1. The quantitative estimate of drug-likeness (QED) is 0.928. The summed E-state index contributed by atoms with van der Waals surface area (Å²) in [5.41, 5.74) is -0.138. The van der Waals surface area contributed by atoms with E-state index in [0.717, 1.165) is 12.1 Å². The molecule has 0 atom stereocenters. The van der Waals surface area contributed by atoms with Crippen LogP contribution >= 0.6 is 0 Å². The monoisotopic (exact) mass is 276 g/mol. The predicted octanol–water partition coefficient (Wildman–Crippen LogP) is 1.75. The van der Waals surface area contributed by atoms with Gasteiger partial charge >= 0.3 is 0 Å². The molecule has 1 N–H and O–H groups in total. The van der Waals surface area contributed by atoms with Crippen molar-refractivity contribution in [3.8, 4) is 6.07 Å². The first-order chi connectivity index (χ1) is 9.52. The Morgan fingerprint density at radius 1 is 1.45 bits per heavy atom. The predicted molar refractivity (Wildman–Crippen MR) is 66.6 cm³/mol. The first kappa shape index (κ1) is 13.7. The maximum atomic E-state index is 13.4. The lowest BCUT2D eigenvalue weighted by Gasteiger charge is -2.07. The minimum absolute atomic E-state index is 0.176. The van der Waals surface area contributed by atoms with Gasteiger partial charge in [-0.15, -0.1) is 0 Å². The van der Waals surface area contributed by atoms with Gasteiger partial charge in [0.15, 0.2) is 0 Å². The van der Waals surface area contributed by atoms with Gasteiger partial charge in [-0.2, -0.15) is 10.4 Å². The zero-order valence-electron chi connectivity index (χ0n) is 10.5. The van der Waals surface area contributed by atoms with Crippen molar-refractivity contribution in [3.05, 3.63) is 47.2 Å². The van der Waals surface area contributed by atoms with Crippen molar-refractivity contribution < 1.29 is 13.6 Å². The van der Waals surface area contributed by atoms with E-state index < -0.39 is 24.0 Å². The Labute approximate surface area is 113 Å². The molecule has 0 saturated heterocycles. The molecule has 1 amide bonds. The van der Waals surface area contributed by atoms with Gasteiger partial charge in [0, 0.05) is 12.6 Å². The number of aromatic nitrogens is 2. The SMILES string of the molecule is Cn1ncc(C#N)c1NC(=O)Cc1c(F)cccc1F. The Bertz CT molecular complexity index is 677. The number of nitriles is 1. The third-order valence-corrected chi connectivity index (χ3v) is 2.72. The van der Waals surface area contributed by atoms with Gasteiger partial charge in [-0.25, -0.2) is 8.78 Å². The van der Waals surface area contributed by atoms with Crippen LogP contribution in [0.3, 0.4) is 0 Å². The highest BCUT2D eigenvalue weighted by molar-refractivity contribution is 5.92.